The van der Waals surface area contributed by atoms with Crippen LogP contribution >= 0.6 is 11.6 Å². The number of rotatable bonds is 5. The molecule has 2 atom stereocenters. The minimum atomic E-state index is 0.226. The van der Waals surface area contributed by atoms with Crippen LogP contribution in [0.4, 0.5) is 11.9 Å². The quantitative estimate of drug-likeness (QED) is 0.827. The summed E-state index contributed by atoms with van der Waals surface area (Å²) in [6, 6.07) is 0.484. The van der Waals surface area contributed by atoms with E-state index in [0.717, 1.165) is 13.0 Å². The van der Waals surface area contributed by atoms with Crippen molar-refractivity contribution in [2.45, 2.75) is 32.7 Å². The fourth-order valence-corrected chi connectivity index (χ4v) is 1.58. The minimum absolute atomic E-state index is 0.226. The van der Waals surface area contributed by atoms with Crippen LogP contribution in [-0.2, 0) is 0 Å². The standard InChI is InChI=1S/C10H16ClN5/c1-3-4-12-9-14-8(11)15-10(16-9)13-7-5-6(7)2/h6-7H,3-5H2,1-2H3,(H2,12,13,14,15,16). The average Bonchev–Trinajstić information content (AvgIpc) is 2.90. The van der Waals surface area contributed by atoms with Crippen LogP contribution in [0.2, 0.25) is 5.28 Å². The summed E-state index contributed by atoms with van der Waals surface area (Å²) in [5.74, 6) is 1.80. The van der Waals surface area contributed by atoms with Gasteiger partial charge in [-0.1, -0.05) is 13.8 Å². The SMILES string of the molecule is CCCNc1nc(Cl)nc(NC2CC2C)n1. The van der Waals surface area contributed by atoms with Gasteiger partial charge in [-0.2, -0.15) is 15.0 Å². The van der Waals surface area contributed by atoms with Crippen molar-refractivity contribution < 1.29 is 0 Å². The molecule has 0 spiro atoms. The van der Waals surface area contributed by atoms with Gasteiger partial charge >= 0.3 is 0 Å². The molecule has 0 aliphatic heterocycles. The molecule has 1 aromatic rings. The molecule has 1 fully saturated rings. The van der Waals surface area contributed by atoms with E-state index >= 15 is 0 Å². The maximum absolute atomic E-state index is 5.83. The lowest BCUT2D eigenvalue weighted by atomic mass is 10.5. The van der Waals surface area contributed by atoms with Gasteiger partial charge in [0.05, 0.1) is 0 Å². The average molecular weight is 242 g/mol. The molecule has 1 saturated carbocycles. The summed E-state index contributed by atoms with van der Waals surface area (Å²) in [4.78, 5) is 12.3. The van der Waals surface area contributed by atoms with Crippen LogP contribution in [0.25, 0.3) is 0 Å². The topological polar surface area (TPSA) is 62.7 Å². The van der Waals surface area contributed by atoms with E-state index in [4.69, 9.17) is 11.6 Å². The lowest BCUT2D eigenvalue weighted by Gasteiger charge is -2.06. The molecule has 16 heavy (non-hydrogen) atoms. The summed E-state index contributed by atoms with van der Waals surface area (Å²) in [6.45, 7) is 5.11. The number of nitrogens with zero attached hydrogens (tertiary/aromatic N) is 3. The molecule has 2 N–H and O–H groups in total. The van der Waals surface area contributed by atoms with Crippen LogP contribution in [0, 0.1) is 5.92 Å². The lowest BCUT2D eigenvalue weighted by molar-refractivity contribution is 0.899. The van der Waals surface area contributed by atoms with Gasteiger partial charge < -0.3 is 10.6 Å². The first-order chi connectivity index (χ1) is 7.69. The molecule has 2 rings (SSSR count). The maximum Gasteiger partial charge on any atom is 0.229 e. The van der Waals surface area contributed by atoms with E-state index in [9.17, 15) is 0 Å². The van der Waals surface area contributed by atoms with E-state index in [1.807, 2.05) is 0 Å². The number of hydrogen-bond acceptors (Lipinski definition) is 5. The molecule has 1 aliphatic carbocycles. The summed E-state index contributed by atoms with van der Waals surface area (Å²) >= 11 is 5.83. The van der Waals surface area contributed by atoms with Crippen molar-refractivity contribution in [2.75, 3.05) is 17.2 Å². The van der Waals surface area contributed by atoms with E-state index in [2.05, 4.69) is 39.4 Å². The number of nitrogens with one attached hydrogen (secondary N) is 2. The predicted octanol–water partition coefficient (Wildman–Crippen LogP) is 2.17. The highest BCUT2D eigenvalue weighted by atomic mass is 35.5. The summed E-state index contributed by atoms with van der Waals surface area (Å²) in [5, 5.41) is 6.56. The molecular formula is C10H16ClN5. The Hall–Kier alpha value is -1.10. The number of halogens is 1. The zero-order valence-electron chi connectivity index (χ0n) is 9.50. The van der Waals surface area contributed by atoms with Gasteiger partial charge in [-0.25, -0.2) is 0 Å². The Bertz CT molecular complexity index is 370. The summed E-state index contributed by atoms with van der Waals surface area (Å²) < 4.78 is 0. The van der Waals surface area contributed by atoms with Crippen molar-refractivity contribution in [1.82, 2.24) is 15.0 Å². The van der Waals surface area contributed by atoms with Gasteiger partial charge in [-0.05, 0) is 30.4 Å². The Morgan fingerprint density at radius 1 is 1.31 bits per heavy atom. The molecule has 2 unspecified atom stereocenters. The highest BCUT2D eigenvalue weighted by Crippen LogP contribution is 2.31. The van der Waals surface area contributed by atoms with Crippen molar-refractivity contribution in [3.8, 4) is 0 Å². The third-order valence-corrected chi connectivity index (χ3v) is 2.73. The van der Waals surface area contributed by atoms with Crippen LogP contribution in [0.5, 0.6) is 0 Å². The van der Waals surface area contributed by atoms with Crippen molar-refractivity contribution in [1.29, 1.82) is 0 Å². The molecule has 0 bridgehead atoms. The third-order valence-electron chi connectivity index (χ3n) is 2.57. The van der Waals surface area contributed by atoms with E-state index in [1.54, 1.807) is 0 Å². The second kappa shape index (κ2) is 4.82. The number of hydrogen-bond donors (Lipinski definition) is 2. The van der Waals surface area contributed by atoms with Crippen molar-refractivity contribution >= 4 is 23.5 Å². The van der Waals surface area contributed by atoms with Crippen LogP contribution in [0.15, 0.2) is 0 Å². The first-order valence-electron chi connectivity index (χ1n) is 5.61. The van der Waals surface area contributed by atoms with Crippen molar-refractivity contribution in [3.05, 3.63) is 5.28 Å². The van der Waals surface area contributed by atoms with Gasteiger partial charge in [-0.15, -0.1) is 0 Å². The molecule has 88 valence electrons. The molecular weight excluding hydrogens is 226 g/mol. The Morgan fingerprint density at radius 3 is 2.62 bits per heavy atom. The first kappa shape index (κ1) is 11.4. The zero-order chi connectivity index (χ0) is 11.5. The molecule has 6 heteroatoms. The molecule has 5 nitrogen and oxygen atoms in total. The van der Waals surface area contributed by atoms with Gasteiger partial charge in [0.25, 0.3) is 0 Å². The van der Waals surface area contributed by atoms with Crippen LogP contribution in [0.3, 0.4) is 0 Å². The maximum atomic E-state index is 5.83. The second-order valence-corrected chi connectivity index (χ2v) is 4.48. The smallest absolute Gasteiger partial charge is 0.229 e. The van der Waals surface area contributed by atoms with Gasteiger partial charge in [0.1, 0.15) is 0 Å². The largest absolute Gasteiger partial charge is 0.354 e. The Balaban J connectivity index is 2.03. The van der Waals surface area contributed by atoms with Crippen LogP contribution < -0.4 is 10.6 Å². The summed E-state index contributed by atoms with van der Waals surface area (Å²) in [5.41, 5.74) is 0. The van der Waals surface area contributed by atoms with E-state index in [-0.39, 0.29) is 5.28 Å². The van der Waals surface area contributed by atoms with Crippen LogP contribution in [0.1, 0.15) is 26.7 Å². The monoisotopic (exact) mass is 241 g/mol. The van der Waals surface area contributed by atoms with Crippen molar-refractivity contribution in [3.63, 3.8) is 0 Å². The highest BCUT2D eigenvalue weighted by molar-refractivity contribution is 6.28. The molecule has 0 amide bonds. The van der Waals surface area contributed by atoms with Gasteiger partial charge in [0.15, 0.2) is 0 Å². The normalized spacial score (nSPS) is 22.9. The van der Waals surface area contributed by atoms with Crippen molar-refractivity contribution in [2.24, 2.45) is 5.92 Å². The number of anilines is 2. The van der Waals surface area contributed by atoms with Gasteiger partial charge in [0, 0.05) is 12.6 Å². The molecule has 0 aromatic carbocycles. The van der Waals surface area contributed by atoms with Gasteiger partial charge in [-0.3, -0.25) is 0 Å². The summed E-state index contributed by atoms with van der Waals surface area (Å²) in [7, 11) is 0. The molecule has 0 saturated heterocycles. The first-order valence-corrected chi connectivity index (χ1v) is 5.99. The fourth-order valence-electron chi connectivity index (χ4n) is 1.42. The van der Waals surface area contributed by atoms with E-state index in [1.165, 1.54) is 6.42 Å². The molecule has 1 aromatic heterocycles. The Kier molecular flexibility index (Phi) is 3.43. The minimum Gasteiger partial charge on any atom is -0.354 e. The molecule has 1 aliphatic rings. The number of aromatic nitrogens is 3. The molecule has 0 radical (unpaired) electrons. The zero-order valence-corrected chi connectivity index (χ0v) is 10.3. The Labute approximate surface area is 100 Å². The third kappa shape index (κ3) is 2.95. The van der Waals surface area contributed by atoms with E-state index in [0.29, 0.717) is 23.9 Å². The fraction of sp³-hybridized carbons (Fsp3) is 0.700. The second-order valence-electron chi connectivity index (χ2n) is 4.14. The summed E-state index contributed by atoms with van der Waals surface area (Å²) in [6.07, 6.45) is 2.19. The highest BCUT2D eigenvalue weighted by Gasteiger charge is 2.33. The van der Waals surface area contributed by atoms with Gasteiger partial charge in [0.2, 0.25) is 17.2 Å². The Morgan fingerprint density at radius 2 is 2.00 bits per heavy atom. The lowest BCUT2D eigenvalue weighted by Crippen LogP contribution is -2.11. The molecule has 1 heterocycles. The predicted molar refractivity (Wildman–Crippen MR) is 64.8 cm³/mol. The van der Waals surface area contributed by atoms with Crippen LogP contribution in [-0.4, -0.2) is 27.5 Å². The van der Waals surface area contributed by atoms with E-state index < -0.39 is 0 Å².